The molecule has 0 spiro atoms. The molecule has 1 heterocycles. The van der Waals surface area contributed by atoms with Crippen LogP contribution in [0.15, 0.2) is 12.3 Å². The molecule has 0 unspecified atom stereocenters. The topological polar surface area (TPSA) is 59.1 Å². The molecule has 0 bridgehead atoms. The average molecular weight is 266 g/mol. The largest absolute Gasteiger partial charge is 0.352 e. The van der Waals surface area contributed by atoms with Crippen molar-refractivity contribution in [3.63, 3.8) is 0 Å². The Bertz CT molecular complexity index is 447. The number of nitrogens with one attached hydrogen (secondary N) is 1. The van der Waals surface area contributed by atoms with E-state index < -0.39 is 0 Å². The molecule has 0 atom stereocenters. The van der Waals surface area contributed by atoms with Gasteiger partial charge in [0, 0.05) is 37.5 Å². The molecule has 0 aliphatic carbocycles. The summed E-state index contributed by atoms with van der Waals surface area (Å²) in [5.41, 5.74) is 3.12. The number of amides is 1. The summed E-state index contributed by atoms with van der Waals surface area (Å²) >= 11 is 1.17. The minimum Gasteiger partial charge on any atom is -0.352 e. The van der Waals surface area contributed by atoms with Gasteiger partial charge in [0.05, 0.1) is 0 Å². The van der Waals surface area contributed by atoms with E-state index in [9.17, 15) is 9.59 Å². The van der Waals surface area contributed by atoms with Gasteiger partial charge in [-0.3, -0.25) is 14.6 Å². The molecule has 0 radical (unpaired) electrons. The highest BCUT2D eigenvalue weighted by atomic mass is 32.2. The minimum atomic E-state index is -0.0382. The lowest BCUT2D eigenvalue weighted by Crippen LogP contribution is -2.23. The van der Waals surface area contributed by atoms with Crippen molar-refractivity contribution in [3.05, 3.63) is 29.1 Å². The van der Waals surface area contributed by atoms with Crippen LogP contribution in [0.5, 0.6) is 0 Å². The van der Waals surface area contributed by atoms with E-state index in [1.54, 1.807) is 6.20 Å². The summed E-state index contributed by atoms with van der Waals surface area (Å²) in [5, 5.41) is 2.87. The van der Waals surface area contributed by atoms with Crippen molar-refractivity contribution >= 4 is 22.8 Å². The van der Waals surface area contributed by atoms with Crippen molar-refractivity contribution in [3.8, 4) is 0 Å². The number of hydrogen-bond acceptors (Lipinski definition) is 4. The Morgan fingerprint density at radius 2 is 2.11 bits per heavy atom. The van der Waals surface area contributed by atoms with Gasteiger partial charge in [0.25, 0.3) is 0 Å². The second kappa shape index (κ2) is 7.16. The molecule has 5 heteroatoms. The van der Waals surface area contributed by atoms with Crippen LogP contribution in [0, 0.1) is 13.8 Å². The Morgan fingerprint density at radius 3 is 2.72 bits per heavy atom. The summed E-state index contributed by atoms with van der Waals surface area (Å²) in [6.07, 6.45) is 2.15. The van der Waals surface area contributed by atoms with Crippen molar-refractivity contribution in [2.75, 3.05) is 5.75 Å². The summed E-state index contributed by atoms with van der Waals surface area (Å²) in [6, 6.07) is 1.99. The predicted octanol–water partition coefficient (Wildman–Crippen LogP) is 1.98. The quantitative estimate of drug-likeness (QED) is 0.885. The number of carbonyl (C=O) groups is 2. The van der Waals surface area contributed by atoms with E-state index in [-0.39, 0.29) is 11.0 Å². The molecule has 1 rings (SSSR count). The zero-order chi connectivity index (χ0) is 13.5. The van der Waals surface area contributed by atoms with Crippen molar-refractivity contribution in [2.45, 2.75) is 33.7 Å². The molecule has 1 aromatic rings. The van der Waals surface area contributed by atoms with Gasteiger partial charge in [-0.1, -0.05) is 11.8 Å². The van der Waals surface area contributed by atoms with E-state index in [1.165, 1.54) is 18.7 Å². The maximum absolute atomic E-state index is 11.5. The fourth-order valence-corrected chi connectivity index (χ4v) is 2.05. The van der Waals surface area contributed by atoms with Crippen LogP contribution in [-0.4, -0.2) is 21.8 Å². The zero-order valence-corrected chi connectivity index (χ0v) is 11.8. The number of aryl methyl sites for hydroxylation is 2. The number of hydrogen-bond donors (Lipinski definition) is 1. The van der Waals surface area contributed by atoms with Crippen LogP contribution in [0.1, 0.15) is 30.2 Å². The van der Waals surface area contributed by atoms with Crippen LogP contribution in [0.3, 0.4) is 0 Å². The van der Waals surface area contributed by atoms with E-state index in [0.29, 0.717) is 18.7 Å². The smallest absolute Gasteiger partial charge is 0.221 e. The summed E-state index contributed by atoms with van der Waals surface area (Å²) in [5.74, 6) is 0.496. The summed E-state index contributed by atoms with van der Waals surface area (Å²) in [7, 11) is 0. The number of aromatic nitrogens is 1. The molecule has 98 valence electrons. The highest BCUT2D eigenvalue weighted by molar-refractivity contribution is 8.13. The van der Waals surface area contributed by atoms with E-state index in [1.807, 2.05) is 19.9 Å². The van der Waals surface area contributed by atoms with Gasteiger partial charge in [-0.15, -0.1) is 0 Å². The lowest BCUT2D eigenvalue weighted by atomic mass is 10.1. The van der Waals surface area contributed by atoms with Crippen molar-refractivity contribution in [2.24, 2.45) is 0 Å². The van der Waals surface area contributed by atoms with Crippen LogP contribution in [0.25, 0.3) is 0 Å². The monoisotopic (exact) mass is 266 g/mol. The lowest BCUT2D eigenvalue weighted by Gasteiger charge is -2.08. The molecular formula is C13H18N2O2S. The SMILES string of the molecule is CC(=O)SCCC(=O)NCc1cnc(C)cc1C. The van der Waals surface area contributed by atoms with Gasteiger partial charge in [0.2, 0.25) is 5.91 Å². The first-order valence-corrected chi connectivity index (χ1v) is 6.80. The molecule has 0 saturated carbocycles. The molecule has 1 amide bonds. The van der Waals surface area contributed by atoms with Crippen LogP contribution in [0.2, 0.25) is 0 Å². The average Bonchev–Trinajstić information content (AvgIpc) is 2.27. The number of nitrogens with zero attached hydrogens (tertiary/aromatic N) is 1. The zero-order valence-electron chi connectivity index (χ0n) is 10.9. The summed E-state index contributed by atoms with van der Waals surface area (Å²) < 4.78 is 0. The fraction of sp³-hybridized carbons (Fsp3) is 0.462. The standard InChI is InChI=1S/C13H18N2O2S/c1-9-6-10(2)14-7-12(9)8-15-13(17)4-5-18-11(3)16/h6-7H,4-5,8H2,1-3H3,(H,15,17). The Labute approximate surface area is 112 Å². The Kier molecular flexibility index (Phi) is 5.85. The van der Waals surface area contributed by atoms with E-state index >= 15 is 0 Å². The van der Waals surface area contributed by atoms with Crippen molar-refractivity contribution in [1.82, 2.24) is 10.3 Å². The molecular weight excluding hydrogens is 248 g/mol. The number of carbonyl (C=O) groups excluding carboxylic acids is 2. The Balaban J connectivity index is 2.36. The van der Waals surface area contributed by atoms with Gasteiger partial charge in [0.15, 0.2) is 5.12 Å². The van der Waals surface area contributed by atoms with Gasteiger partial charge >= 0.3 is 0 Å². The number of thioether (sulfide) groups is 1. The van der Waals surface area contributed by atoms with E-state index in [2.05, 4.69) is 10.3 Å². The summed E-state index contributed by atoms with van der Waals surface area (Å²) in [4.78, 5) is 26.4. The van der Waals surface area contributed by atoms with Gasteiger partial charge in [0.1, 0.15) is 0 Å². The third kappa shape index (κ3) is 5.31. The predicted molar refractivity (Wildman–Crippen MR) is 73.3 cm³/mol. The molecule has 0 aliphatic heterocycles. The molecule has 0 aromatic carbocycles. The molecule has 0 aliphatic rings. The van der Waals surface area contributed by atoms with Crippen LogP contribution < -0.4 is 5.32 Å². The third-order valence-corrected chi connectivity index (χ3v) is 3.28. The highest BCUT2D eigenvalue weighted by Crippen LogP contribution is 2.08. The van der Waals surface area contributed by atoms with Crippen LogP contribution in [0.4, 0.5) is 0 Å². The maximum atomic E-state index is 11.5. The van der Waals surface area contributed by atoms with Crippen molar-refractivity contribution < 1.29 is 9.59 Å². The normalized spacial score (nSPS) is 10.2. The molecule has 0 saturated heterocycles. The van der Waals surface area contributed by atoms with Crippen LogP contribution >= 0.6 is 11.8 Å². The minimum absolute atomic E-state index is 0.0382. The molecule has 1 N–H and O–H groups in total. The molecule has 4 nitrogen and oxygen atoms in total. The fourth-order valence-electron chi connectivity index (χ4n) is 1.48. The third-order valence-electron chi connectivity index (χ3n) is 2.47. The van der Waals surface area contributed by atoms with Gasteiger partial charge in [-0.25, -0.2) is 0 Å². The van der Waals surface area contributed by atoms with E-state index in [0.717, 1.165) is 16.8 Å². The molecule has 0 fully saturated rings. The second-order valence-corrected chi connectivity index (χ2v) is 5.39. The molecule has 18 heavy (non-hydrogen) atoms. The highest BCUT2D eigenvalue weighted by Gasteiger charge is 2.04. The van der Waals surface area contributed by atoms with Crippen molar-refractivity contribution in [1.29, 1.82) is 0 Å². The first-order chi connectivity index (χ1) is 8.49. The van der Waals surface area contributed by atoms with E-state index in [4.69, 9.17) is 0 Å². The lowest BCUT2D eigenvalue weighted by molar-refractivity contribution is -0.120. The maximum Gasteiger partial charge on any atom is 0.221 e. The number of rotatable bonds is 5. The number of pyridine rings is 1. The van der Waals surface area contributed by atoms with Crippen LogP contribution in [-0.2, 0) is 16.1 Å². The molecule has 1 aromatic heterocycles. The van der Waals surface area contributed by atoms with Gasteiger partial charge < -0.3 is 5.32 Å². The second-order valence-electron chi connectivity index (χ2n) is 4.12. The first-order valence-electron chi connectivity index (χ1n) is 5.81. The Morgan fingerprint density at radius 1 is 1.39 bits per heavy atom. The summed E-state index contributed by atoms with van der Waals surface area (Å²) in [6.45, 7) is 5.93. The van der Waals surface area contributed by atoms with Gasteiger partial charge in [-0.2, -0.15) is 0 Å². The first kappa shape index (κ1) is 14.7. The Hall–Kier alpha value is -1.36. The van der Waals surface area contributed by atoms with Gasteiger partial charge in [-0.05, 0) is 31.0 Å².